The minimum absolute atomic E-state index is 0.274. The zero-order chi connectivity index (χ0) is 9.94. The molecule has 0 N–H and O–H groups in total. The van der Waals surface area contributed by atoms with E-state index in [2.05, 4.69) is 6.92 Å². The number of halogens is 1. The van der Waals surface area contributed by atoms with Crippen LogP contribution in [0, 0.1) is 0 Å². The van der Waals surface area contributed by atoms with E-state index in [1.54, 1.807) is 0 Å². The van der Waals surface area contributed by atoms with E-state index in [-0.39, 0.29) is 11.7 Å². The van der Waals surface area contributed by atoms with Gasteiger partial charge in [0.25, 0.3) is 0 Å². The Bertz CT molecular complexity index is 128. The molecule has 0 unspecified atom stereocenters. The summed E-state index contributed by atoms with van der Waals surface area (Å²) in [7, 11) is 0. The highest BCUT2D eigenvalue weighted by Gasteiger charge is 1.95. The SMILES string of the molecule is CCCCOCCOCCC(=O)Cl. The van der Waals surface area contributed by atoms with Crippen LogP contribution in [0.3, 0.4) is 0 Å². The van der Waals surface area contributed by atoms with Gasteiger partial charge in [0.1, 0.15) is 0 Å². The fourth-order valence-corrected chi connectivity index (χ4v) is 0.798. The average molecular weight is 209 g/mol. The van der Waals surface area contributed by atoms with Gasteiger partial charge in [-0.1, -0.05) is 13.3 Å². The van der Waals surface area contributed by atoms with Gasteiger partial charge in [0.05, 0.1) is 19.8 Å². The van der Waals surface area contributed by atoms with E-state index in [1.807, 2.05) is 0 Å². The molecule has 0 aromatic rings. The lowest BCUT2D eigenvalue weighted by atomic mass is 10.4. The van der Waals surface area contributed by atoms with Gasteiger partial charge in [-0.25, -0.2) is 0 Å². The van der Waals surface area contributed by atoms with Gasteiger partial charge in [-0.3, -0.25) is 4.79 Å². The number of ether oxygens (including phenoxy) is 2. The van der Waals surface area contributed by atoms with E-state index in [4.69, 9.17) is 21.1 Å². The summed E-state index contributed by atoms with van der Waals surface area (Å²) in [5.74, 6) is 0. The first-order valence-corrected chi connectivity index (χ1v) is 4.99. The second kappa shape index (κ2) is 9.96. The van der Waals surface area contributed by atoms with Crippen molar-refractivity contribution in [3.63, 3.8) is 0 Å². The summed E-state index contributed by atoms with van der Waals surface area (Å²) < 4.78 is 10.3. The largest absolute Gasteiger partial charge is 0.379 e. The zero-order valence-electron chi connectivity index (χ0n) is 8.05. The minimum Gasteiger partial charge on any atom is -0.379 e. The molecule has 0 aromatic carbocycles. The maximum atomic E-state index is 10.3. The summed E-state index contributed by atoms with van der Waals surface area (Å²) in [6.45, 7) is 4.42. The van der Waals surface area contributed by atoms with Crippen molar-refractivity contribution in [2.75, 3.05) is 26.4 Å². The standard InChI is InChI=1S/C9H17ClO3/c1-2-3-5-12-7-8-13-6-4-9(10)11/h2-8H2,1H3. The fourth-order valence-electron chi connectivity index (χ4n) is 0.721. The molecule has 0 amide bonds. The molecular weight excluding hydrogens is 192 g/mol. The molecule has 3 nitrogen and oxygen atoms in total. The smallest absolute Gasteiger partial charge is 0.223 e. The van der Waals surface area contributed by atoms with Crippen molar-refractivity contribution in [1.82, 2.24) is 0 Å². The topological polar surface area (TPSA) is 35.5 Å². The van der Waals surface area contributed by atoms with Crippen molar-refractivity contribution in [3.05, 3.63) is 0 Å². The molecule has 0 aliphatic heterocycles. The lowest BCUT2D eigenvalue weighted by Gasteiger charge is -2.03. The predicted octanol–water partition coefficient (Wildman–Crippen LogP) is 1.98. The monoisotopic (exact) mass is 208 g/mol. The van der Waals surface area contributed by atoms with E-state index in [1.165, 1.54) is 0 Å². The van der Waals surface area contributed by atoms with Crippen LogP contribution in [-0.2, 0) is 14.3 Å². The molecular formula is C9H17ClO3. The molecule has 0 fully saturated rings. The molecule has 0 aliphatic rings. The van der Waals surface area contributed by atoms with E-state index >= 15 is 0 Å². The van der Waals surface area contributed by atoms with Crippen LogP contribution in [0.25, 0.3) is 0 Å². The Morgan fingerprint density at radius 1 is 1.15 bits per heavy atom. The van der Waals surface area contributed by atoms with Crippen LogP contribution in [0.1, 0.15) is 26.2 Å². The highest BCUT2D eigenvalue weighted by Crippen LogP contribution is 1.90. The van der Waals surface area contributed by atoms with Crippen molar-refractivity contribution < 1.29 is 14.3 Å². The molecule has 0 saturated heterocycles. The number of hydrogen-bond donors (Lipinski definition) is 0. The zero-order valence-corrected chi connectivity index (χ0v) is 8.81. The highest BCUT2D eigenvalue weighted by atomic mass is 35.5. The molecule has 78 valence electrons. The first-order valence-electron chi connectivity index (χ1n) is 4.61. The summed E-state index contributed by atoms with van der Waals surface area (Å²) in [6.07, 6.45) is 2.50. The summed E-state index contributed by atoms with van der Waals surface area (Å²) in [6, 6.07) is 0. The quantitative estimate of drug-likeness (QED) is 0.429. The van der Waals surface area contributed by atoms with Crippen LogP contribution in [-0.4, -0.2) is 31.7 Å². The predicted molar refractivity (Wildman–Crippen MR) is 52.0 cm³/mol. The van der Waals surface area contributed by atoms with Gasteiger partial charge in [0.15, 0.2) is 0 Å². The van der Waals surface area contributed by atoms with Crippen molar-refractivity contribution in [2.24, 2.45) is 0 Å². The lowest BCUT2D eigenvalue weighted by molar-refractivity contribution is -0.112. The fraction of sp³-hybridized carbons (Fsp3) is 0.889. The third-order valence-corrected chi connectivity index (χ3v) is 1.65. The van der Waals surface area contributed by atoms with Gasteiger partial charge < -0.3 is 9.47 Å². The number of hydrogen-bond acceptors (Lipinski definition) is 3. The number of rotatable bonds is 9. The van der Waals surface area contributed by atoms with E-state index < -0.39 is 0 Å². The van der Waals surface area contributed by atoms with Crippen LogP contribution < -0.4 is 0 Å². The Morgan fingerprint density at radius 2 is 1.77 bits per heavy atom. The third kappa shape index (κ3) is 11.9. The van der Waals surface area contributed by atoms with Crippen LogP contribution in [0.15, 0.2) is 0 Å². The van der Waals surface area contributed by atoms with Gasteiger partial charge >= 0.3 is 0 Å². The molecule has 0 radical (unpaired) electrons. The van der Waals surface area contributed by atoms with Gasteiger partial charge in [0, 0.05) is 13.0 Å². The summed E-state index contributed by atoms with van der Waals surface area (Å²) in [5, 5.41) is -0.355. The van der Waals surface area contributed by atoms with Crippen LogP contribution in [0.2, 0.25) is 0 Å². The minimum atomic E-state index is -0.355. The van der Waals surface area contributed by atoms with E-state index in [0.29, 0.717) is 19.8 Å². The Morgan fingerprint density at radius 3 is 2.31 bits per heavy atom. The van der Waals surface area contributed by atoms with Gasteiger partial charge in [0.2, 0.25) is 5.24 Å². The van der Waals surface area contributed by atoms with Gasteiger partial charge in [-0.2, -0.15) is 0 Å². The summed E-state index contributed by atoms with van der Waals surface area (Å²) in [5.41, 5.74) is 0. The van der Waals surface area contributed by atoms with Crippen LogP contribution >= 0.6 is 11.6 Å². The van der Waals surface area contributed by atoms with Crippen LogP contribution in [0.5, 0.6) is 0 Å². The number of carbonyl (C=O) groups is 1. The number of unbranched alkanes of at least 4 members (excludes halogenated alkanes) is 1. The van der Waals surface area contributed by atoms with E-state index in [9.17, 15) is 4.79 Å². The normalized spacial score (nSPS) is 10.3. The molecule has 0 rings (SSSR count). The summed E-state index contributed by atoms with van der Waals surface area (Å²) >= 11 is 5.11. The Kier molecular flexibility index (Phi) is 9.87. The molecule has 4 heteroatoms. The van der Waals surface area contributed by atoms with Gasteiger partial charge in [-0.15, -0.1) is 0 Å². The first kappa shape index (κ1) is 12.9. The maximum absolute atomic E-state index is 10.3. The van der Waals surface area contributed by atoms with Gasteiger partial charge in [-0.05, 0) is 18.0 Å². The second-order valence-corrected chi connectivity index (χ2v) is 3.10. The molecule has 0 aliphatic carbocycles. The van der Waals surface area contributed by atoms with Crippen LogP contribution in [0.4, 0.5) is 0 Å². The molecule has 13 heavy (non-hydrogen) atoms. The molecule has 0 spiro atoms. The molecule has 0 atom stereocenters. The highest BCUT2D eigenvalue weighted by molar-refractivity contribution is 6.63. The van der Waals surface area contributed by atoms with Crippen molar-refractivity contribution in [3.8, 4) is 0 Å². The third-order valence-electron chi connectivity index (χ3n) is 1.46. The first-order chi connectivity index (χ1) is 6.27. The molecule has 0 heterocycles. The summed E-state index contributed by atoms with van der Waals surface area (Å²) in [4.78, 5) is 10.3. The maximum Gasteiger partial charge on any atom is 0.223 e. The Balaban J connectivity index is 2.87. The number of carbonyl (C=O) groups excluding carboxylic acids is 1. The second-order valence-electron chi connectivity index (χ2n) is 2.68. The van der Waals surface area contributed by atoms with Crippen molar-refractivity contribution in [2.45, 2.75) is 26.2 Å². The molecule has 0 bridgehead atoms. The average Bonchev–Trinajstić information content (AvgIpc) is 2.09. The lowest BCUT2D eigenvalue weighted by Crippen LogP contribution is -2.07. The van der Waals surface area contributed by atoms with E-state index in [0.717, 1.165) is 19.4 Å². The van der Waals surface area contributed by atoms with Crippen molar-refractivity contribution >= 4 is 16.8 Å². The molecule has 0 saturated carbocycles. The Hall–Kier alpha value is -0.120. The van der Waals surface area contributed by atoms with Crippen molar-refractivity contribution in [1.29, 1.82) is 0 Å². The Labute approximate surface area is 84.4 Å². The molecule has 0 aromatic heterocycles.